The van der Waals surface area contributed by atoms with Crippen molar-refractivity contribution in [3.63, 3.8) is 0 Å². The van der Waals surface area contributed by atoms with E-state index in [-0.39, 0.29) is 0 Å². The van der Waals surface area contributed by atoms with Gasteiger partial charge in [-0.1, -0.05) is 44.9 Å². The average molecular weight is 210 g/mol. The molecular weight excluding hydrogens is 184 g/mol. The van der Waals surface area contributed by atoms with E-state index in [2.05, 4.69) is 5.43 Å². The van der Waals surface area contributed by atoms with Crippen LogP contribution in [0, 0.1) is 11.8 Å². The second kappa shape index (κ2) is 5.86. The fraction of sp³-hybridized carbons (Fsp3) is 1.00. The summed E-state index contributed by atoms with van der Waals surface area (Å²) in [6.07, 6.45) is 14.2. The molecule has 0 bridgehead atoms. The van der Waals surface area contributed by atoms with Crippen LogP contribution in [0.5, 0.6) is 0 Å². The molecule has 2 saturated carbocycles. The second-order valence-corrected chi connectivity index (χ2v) is 5.62. The molecule has 2 rings (SSSR count). The van der Waals surface area contributed by atoms with Crippen LogP contribution < -0.4 is 11.3 Å². The minimum absolute atomic E-state index is 0.591. The SMILES string of the molecule is NNC(CCC1CC1)CC1CCCCC1. The zero-order valence-electron chi connectivity index (χ0n) is 9.88. The van der Waals surface area contributed by atoms with Crippen LogP contribution in [0.15, 0.2) is 0 Å². The number of rotatable bonds is 6. The van der Waals surface area contributed by atoms with Crippen molar-refractivity contribution in [3.05, 3.63) is 0 Å². The first-order valence-corrected chi connectivity index (χ1v) is 6.84. The molecule has 0 radical (unpaired) electrons. The Hall–Kier alpha value is -0.0800. The van der Waals surface area contributed by atoms with Crippen molar-refractivity contribution < 1.29 is 0 Å². The zero-order chi connectivity index (χ0) is 10.5. The van der Waals surface area contributed by atoms with Gasteiger partial charge in [0.25, 0.3) is 0 Å². The molecule has 3 N–H and O–H groups in total. The first-order chi connectivity index (χ1) is 7.38. The Labute approximate surface area is 94.0 Å². The lowest BCUT2D eigenvalue weighted by molar-refractivity contribution is 0.288. The first kappa shape index (κ1) is 11.4. The highest BCUT2D eigenvalue weighted by atomic mass is 15.2. The summed E-state index contributed by atoms with van der Waals surface area (Å²) in [5.41, 5.74) is 3.03. The van der Waals surface area contributed by atoms with Crippen molar-refractivity contribution in [2.24, 2.45) is 17.7 Å². The molecule has 2 aliphatic rings. The Bertz CT molecular complexity index is 171. The van der Waals surface area contributed by atoms with Crippen LogP contribution in [0.2, 0.25) is 0 Å². The third-order valence-corrected chi connectivity index (χ3v) is 4.20. The van der Waals surface area contributed by atoms with Crippen molar-refractivity contribution in [2.45, 2.75) is 70.3 Å². The monoisotopic (exact) mass is 210 g/mol. The van der Waals surface area contributed by atoms with Crippen molar-refractivity contribution >= 4 is 0 Å². The lowest BCUT2D eigenvalue weighted by Crippen LogP contribution is -2.37. The molecule has 0 aromatic rings. The summed E-state index contributed by atoms with van der Waals surface area (Å²) in [7, 11) is 0. The lowest BCUT2D eigenvalue weighted by atomic mass is 9.84. The molecule has 2 nitrogen and oxygen atoms in total. The van der Waals surface area contributed by atoms with Gasteiger partial charge in [0.1, 0.15) is 0 Å². The number of hydrogen-bond donors (Lipinski definition) is 2. The molecule has 15 heavy (non-hydrogen) atoms. The van der Waals surface area contributed by atoms with Crippen LogP contribution in [-0.2, 0) is 0 Å². The van der Waals surface area contributed by atoms with Gasteiger partial charge in [-0.15, -0.1) is 0 Å². The van der Waals surface area contributed by atoms with E-state index in [4.69, 9.17) is 5.84 Å². The zero-order valence-corrected chi connectivity index (χ0v) is 9.88. The molecule has 2 aliphatic carbocycles. The Kier molecular flexibility index (Phi) is 4.45. The van der Waals surface area contributed by atoms with E-state index in [1.165, 1.54) is 64.2 Å². The van der Waals surface area contributed by atoms with Gasteiger partial charge < -0.3 is 0 Å². The molecule has 1 atom stereocenters. The normalized spacial score (nSPS) is 25.4. The number of hydrazine groups is 1. The highest BCUT2D eigenvalue weighted by Crippen LogP contribution is 2.35. The van der Waals surface area contributed by atoms with Gasteiger partial charge in [-0.25, -0.2) is 0 Å². The summed E-state index contributed by atoms with van der Waals surface area (Å²) in [5, 5.41) is 0. The maximum absolute atomic E-state index is 5.65. The maximum atomic E-state index is 5.65. The summed E-state index contributed by atoms with van der Waals surface area (Å²) in [5.74, 6) is 7.65. The Morgan fingerprint density at radius 2 is 1.73 bits per heavy atom. The van der Waals surface area contributed by atoms with E-state index in [0.717, 1.165) is 11.8 Å². The molecule has 1 unspecified atom stereocenters. The van der Waals surface area contributed by atoms with Crippen LogP contribution >= 0.6 is 0 Å². The molecule has 0 amide bonds. The maximum Gasteiger partial charge on any atom is 0.0213 e. The summed E-state index contributed by atoms with van der Waals surface area (Å²) in [4.78, 5) is 0. The standard InChI is InChI=1S/C13H26N2/c14-15-13(9-8-11-6-7-11)10-12-4-2-1-3-5-12/h11-13,15H,1-10,14H2. The minimum Gasteiger partial charge on any atom is -0.271 e. The van der Waals surface area contributed by atoms with Crippen LogP contribution in [0.4, 0.5) is 0 Å². The Morgan fingerprint density at radius 1 is 1.00 bits per heavy atom. The van der Waals surface area contributed by atoms with Gasteiger partial charge in [0.15, 0.2) is 0 Å². The fourth-order valence-electron chi connectivity index (χ4n) is 2.94. The summed E-state index contributed by atoms with van der Waals surface area (Å²) >= 11 is 0. The predicted molar refractivity (Wildman–Crippen MR) is 64.3 cm³/mol. The quantitative estimate of drug-likeness (QED) is 0.522. The fourth-order valence-corrected chi connectivity index (χ4v) is 2.94. The van der Waals surface area contributed by atoms with Crippen molar-refractivity contribution in [2.75, 3.05) is 0 Å². The molecule has 0 heterocycles. The number of nitrogens with one attached hydrogen (secondary N) is 1. The van der Waals surface area contributed by atoms with Crippen LogP contribution in [0.25, 0.3) is 0 Å². The summed E-state index contributed by atoms with van der Waals surface area (Å²) in [6, 6.07) is 0.591. The molecule has 88 valence electrons. The van der Waals surface area contributed by atoms with Gasteiger partial charge >= 0.3 is 0 Å². The van der Waals surface area contributed by atoms with Crippen LogP contribution in [0.1, 0.15) is 64.2 Å². The van der Waals surface area contributed by atoms with E-state index in [1.54, 1.807) is 0 Å². The van der Waals surface area contributed by atoms with Gasteiger partial charge in [0.05, 0.1) is 0 Å². The highest BCUT2D eigenvalue weighted by molar-refractivity contribution is 4.78. The number of hydrogen-bond acceptors (Lipinski definition) is 2. The lowest BCUT2D eigenvalue weighted by Gasteiger charge is -2.26. The summed E-state index contributed by atoms with van der Waals surface area (Å²) < 4.78 is 0. The topological polar surface area (TPSA) is 38.0 Å². The Morgan fingerprint density at radius 3 is 2.33 bits per heavy atom. The van der Waals surface area contributed by atoms with Crippen molar-refractivity contribution in [1.82, 2.24) is 5.43 Å². The largest absolute Gasteiger partial charge is 0.271 e. The molecule has 0 spiro atoms. The Balaban J connectivity index is 1.63. The van der Waals surface area contributed by atoms with Gasteiger partial charge in [0, 0.05) is 6.04 Å². The molecule has 0 saturated heterocycles. The third kappa shape index (κ3) is 4.12. The second-order valence-electron chi connectivity index (χ2n) is 5.62. The first-order valence-electron chi connectivity index (χ1n) is 6.84. The third-order valence-electron chi connectivity index (χ3n) is 4.20. The average Bonchev–Trinajstić information content (AvgIpc) is 3.09. The highest BCUT2D eigenvalue weighted by Gasteiger charge is 2.24. The van der Waals surface area contributed by atoms with Gasteiger partial charge in [-0.2, -0.15) is 0 Å². The van der Waals surface area contributed by atoms with E-state index in [9.17, 15) is 0 Å². The van der Waals surface area contributed by atoms with Crippen molar-refractivity contribution in [3.8, 4) is 0 Å². The van der Waals surface area contributed by atoms with Gasteiger partial charge in [0.2, 0.25) is 0 Å². The van der Waals surface area contributed by atoms with Crippen molar-refractivity contribution in [1.29, 1.82) is 0 Å². The van der Waals surface area contributed by atoms with E-state index < -0.39 is 0 Å². The van der Waals surface area contributed by atoms with Gasteiger partial charge in [-0.05, 0) is 31.1 Å². The number of nitrogens with two attached hydrogens (primary N) is 1. The van der Waals surface area contributed by atoms with Crippen LogP contribution in [-0.4, -0.2) is 6.04 Å². The van der Waals surface area contributed by atoms with E-state index in [1.807, 2.05) is 0 Å². The summed E-state index contributed by atoms with van der Waals surface area (Å²) in [6.45, 7) is 0. The van der Waals surface area contributed by atoms with E-state index in [0.29, 0.717) is 6.04 Å². The molecule has 0 aromatic carbocycles. The predicted octanol–water partition coefficient (Wildman–Crippen LogP) is 2.98. The smallest absolute Gasteiger partial charge is 0.0213 e. The van der Waals surface area contributed by atoms with Gasteiger partial charge in [-0.3, -0.25) is 11.3 Å². The molecular formula is C13H26N2. The molecule has 2 fully saturated rings. The van der Waals surface area contributed by atoms with Crippen LogP contribution in [0.3, 0.4) is 0 Å². The molecule has 0 aliphatic heterocycles. The molecule has 0 aromatic heterocycles. The van der Waals surface area contributed by atoms with E-state index >= 15 is 0 Å². The minimum atomic E-state index is 0.591. The molecule has 2 heteroatoms.